The molecular formula is C18H15F3N4O. The lowest BCUT2D eigenvalue weighted by Crippen LogP contribution is -2.05. The monoisotopic (exact) mass is 360 g/mol. The zero-order valence-corrected chi connectivity index (χ0v) is 13.8. The van der Waals surface area contributed by atoms with E-state index in [2.05, 4.69) is 20.6 Å². The lowest BCUT2D eigenvalue weighted by Gasteiger charge is -2.11. The van der Waals surface area contributed by atoms with Gasteiger partial charge in [0.2, 0.25) is 0 Å². The largest absolute Gasteiger partial charge is 0.496 e. The van der Waals surface area contributed by atoms with E-state index < -0.39 is 17.5 Å². The molecule has 0 aliphatic carbocycles. The van der Waals surface area contributed by atoms with Gasteiger partial charge >= 0.3 is 0 Å². The number of para-hydroxylation sites is 1. The fourth-order valence-electron chi connectivity index (χ4n) is 2.32. The van der Waals surface area contributed by atoms with Crippen molar-refractivity contribution in [3.63, 3.8) is 0 Å². The third-order valence-electron chi connectivity index (χ3n) is 3.62. The predicted octanol–water partition coefficient (Wildman–Crippen LogP) is 4.26. The normalized spacial score (nSPS) is 10.5. The Morgan fingerprint density at radius 1 is 0.962 bits per heavy atom. The summed E-state index contributed by atoms with van der Waals surface area (Å²) in [5.74, 6) is -2.68. The molecule has 0 aliphatic rings. The van der Waals surface area contributed by atoms with E-state index >= 15 is 0 Å². The van der Waals surface area contributed by atoms with E-state index in [1.807, 2.05) is 24.3 Å². The molecule has 0 bridgehead atoms. The van der Waals surface area contributed by atoms with Crippen molar-refractivity contribution in [2.75, 3.05) is 17.7 Å². The summed E-state index contributed by atoms with van der Waals surface area (Å²) in [6, 6.07) is 11.0. The van der Waals surface area contributed by atoms with E-state index in [9.17, 15) is 13.2 Å². The maximum Gasteiger partial charge on any atom is 0.196 e. The number of aromatic nitrogens is 2. The van der Waals surface area contributed by atoms with Gasteiger partial charge < -0.3 is 15.4 Å². The maximum atomic E-state index is 13.8. The summed E-state index contributed by atoms with van der Waals surface area (Å²) in [5, 5.41) is 5.70. The second kappa shape index (κ2) is 7.73. The summed E-state index contributed by atoms with van der Waals surface area (Å²) < 4.78 is 45.3. The van der Waals surface area contributed by atoms with Crippen LogP contribution >= 0.6 is 0 Å². The number of methoxy groups -OCH3 is 1. The number of rotatable bonds is 6. The van der Waals surface area contributed by atoms with Crippen molar-refractivity contribution in [2.24, 2.45) is 0 Å². The minimum atomic E-state index is -1.54. The van der Waals surface area contributed by atoms with Crippen molar-refractivity contribution in [3.05, 3.63) is 71.8 Å². The van der Waals surface area contributed by atoms with Crippen molar-refractivity contribution < 1.29 is 17.9 Å². The van der Waals surface area contributed by atoms with Gasteiger partial charge in [0.25, 0.3) is 0 Å². The van der Waals surface area contributed by atoms with Gasteiger partial charge in [-0.25, -0.2) is 23.1 Å². The molecule has 2 aromatic carbocycles. The van der Waals surface area contributed by atoms with Crippen LogP contribution in [0, 0.1) is 17.5 Å². The molecule has 0 unspecified atom stereocenters. The molecule has 0 atom stereocenters. The van der Waals surface area contributed by atoms with E-state index in [0.29, 0.717) is 12.4 Å². The average Bonchev–Trinajstić information content (AvgIpc) is 2.67. The number of anilines is 3. The molecular weight excluding hydrogens is 345 g/mol. The Morgan fingerprint density at radius 2 is 1.73 bits per heavy atom. The minimum Gasteiger partial charge on any atom is -0.496 e. The Kier molecular flexibility index (Phi) is 5.21. The first kappa shape index (κ1) is 17.5. The van der Waals surface area contributed by atoms with Gasteiger partial charge in [0.05, 0.1) is 12.8 Å². The summed E-state index contributed by atoms with van der Waals surface area (Å²) in [5.41, 5.74) is 0.702. The van der Waals surface area contributed by atoms with Crippen molar-refractivity contribution in [1.82, 2.24) is 9.97 Å². The maximum absolute atomic E-state index is 13.8. The van der Waals surface area contributed by atoms with Gasteiger partial charge in [-0.15, -0.1) is 0 Å². The van der Waals surface area contributed by atoms with E-state index in [1.165, 1.54) is 12.4 Å². The first-order valence-electron chi connectivity index (χ1n) is 7.67. The summed E-state index contributed by atoms with van der Waals surface area (Å²) in [4.78, 5) is 8.02. The van der Waals surface area contributed by atoms with E-state index in [4.69, 9.17) is 4.74 Å². The Balaban J connectivity index is 1.73. The molecule has 3 rings (SSSR count). The topological polar surface area (TPSA) is 59.1 Å². The minimum absolute atomic E-state index is 0.224. The summed E-state index contributed by atoms with van der Waals surface area (Å²) in [7, 11) is 1.59. The van der Waals surface area contributed by atoms with Crippen LogP contribution in [0.15, 0.2) is 48.8 Å². The molecule has 0 fully saturated rings. The number of hydrogen-bond donors (Lipinski definition) is 2. The van der Waals surface area contributed by atoms with Crippen LogP contribution in [0.5, 0.6) is 5.75 Å². The van der Waals surface area contributed by atoms with Gasteiger partial charge in [-0.2, -0.15) is 0 Å². The van der Waals surface area contributed by atoms with E-state index in [0.717, 1.165) is 23.4 Å². The fraction of sp³-hybridized carbons (Fsp3) is 0.111. The highest BCUT2D eigenvalue weighted by Crippen LogP contribution is 2.24. The van der Waals surface area contributed by atoms with Crippen LogP contribution in [-0.2, 0) is 6.54 Å². The van der Waals surface area contributed by atoms with E-state index in [-0.39, 0.29) is 11.5 Å². The first-order chi connectivity index (χ1) is 12.6. The van der Waals surface area contributed by atoms with Crippen LogP contribution in [-0.4, -0.2) is 17.1 Å². The molecule has 26 heavy (non-hydrogen) atoms. The predicted molar refractivity (Wildman–Crippen MR) is 92.0 cm³/mol. The summed E-state index contributed by atoms with van der Waals surface area (Å²) in [6.07, 6.45) is 1.27. The Morgan fingerprint density at radius 3 is 2.54 bits per heavy atom. The van der Waals surface area contributed by atoms with Crippen LogP contribution in [0.1, 0.15) is 5.56 Å². The smallest absolute Gasteiger partial charge is 0.196 e. The molecule has 0 saturated heterocycles. The van der Waals surface area contributed by atoms with Gasteiger partial charge in [0.1, 0.15) is 23.7 Å². The molecule has 8 heteroatoms. The second-order valence-corrected chi connectivity index (χ2v) is 5.30. The molecule has 0 radical (unpaired) electrons. The van der Waals surface area contributed by atoms with Gasteiger partial charge in [-0.3, -0.25) is 0 Å². The third-order valence-corrected chi connectivity index (χ3v) is 3.62. The first-order valence-corrected chi connectivity index (χ1v) is 7.67. The lowest BCUT2D eigenvalue weighted by atomic mass is 10.2. The number of hydrogen-bond acceptors (Lipinski definition) is 5. The molecule has 0 spiro atoms. The molecule has 1 aromatic heterocycles. The molecule has 0 aliphatic heterocycles. The zero-order chi connectivity index (χ0) is 18.5. The molecule has 0 amide bonds. The lowest BCUT2D eigenvalue weighted by molar-refractivity contribution is 0.410. The highest BCUT2D eigenvalue weighted by atomic mass is 19.2. The van der Waals surface area contributed by atoms with Crippen LogP contribution in [0.2, 0.25) is 0 Å². The number of ether oxygens (including phenoxy) is 1. The highest BCUT2D eigenvalue weighted by Gasteiger charge is 2.14. The Bertz CT molecular complexity index is 921. The summed E-state index contributed by atoms with van der Waals surface area (Å²) >= 11 is 0. The Labute approximate surface area is 147 Å². The molecule has 134 valence electrons. The Hall–Kier alpha value is -3.29. The van der Waals surface area contributed by atoms with Crippen LogP contribution in [0.4, 0.5) is 30.5 Å². The summed E-state index contributed by atoms with van der Waals surface area (Å²) in [6.45, 7) is 0.444. The molecule has 2 N–H and O–H groups in total. The van der Waals surface area contributed by atoms with Crippen LogP contribution in [0.25, 0.3) is 0 Å². The quantitative estimate of drug-likeness (QED) is 0.644. The van der Waals surface area contributed by atoms with Crippen LogP contribution < -0.4 is 15.4 Å². The molecule has 5 nitrogen and oxygen atoms in total. The van der Waals surface area contributed by atoms with Crippen molar-refractivity contribution in [2.45, 2.75) is 6.54 Å². The number of benzene rings is 2. The molecule has 3 aromatic rings. The fourth-order valence-corrected chi connectivity index (χ4v) is 2.32. The van der Waals surface area contributed by atoms with E-state index in [1.54, 1.807) is 7.11 Å². The molecule has 1 heterocycles. The standard InChI is InChI=1S/C18H15F3N4O/c1-26-14-5-3-2-4-11(14)9-22-15-8-16(24-10-23-15)25-13-7-6-12(19)17(20)18(13)21/h2-8,10H,9H2,1H3,(H2,22,23,24,25). The number of nitrogens with zero attached hydrogens (tertiary/aromatic N) is 2. The van der Waals surface area contributed by atoms with Gasteiger partial charge in [0, 0.05) is 18.2 Å². The average molecular weight is 360 g/mol. The molecule has 0 saturated carbocycles. The SMILES string of the molecule is COc1ccccc1CNc1cc(Nc2ccc(F)c(F)c2F)ncn1. The zero-order valence-electron chi connectivity index (χ0n) is 13.8. The second-order valence-electron chi connectivity index (χ2n) is 5.30. The van der Waals surface area contributed by atoms with Crippen molar-refractivity contribution in [1.29, 1.82) is 0 Å². The third kappa shape index (κ3) is 3.85. The van der Waals surface area contributed by atoms with Gasteiger partial charge in [-0.1, -0.05) is 18.2 Å². The van der Waals surface area contributed by atoms with Crippen molar-refractivity contribution >= 4 is 17.3 Å². The van der Waals surface area contributed by atoms with Crippen molar-refractivity contribution in [3.8, 4) is 5.75 Å². The van der Waals surface area contributed by atoms with Crippen LogP contribution in [0.3, 0.4) is 0 Å². The van der Waals surface area contributed by atoms with Gasteiger partial charge in [0.15, 0.2) is 17.5 Å². The number of halogens is 3. The highest BCUT2D eigenvalue weighted by molar-refractivity contribution is 5.59. The van der Waals surface area contributed by atoms with Gasteiger partial charge in [-0.05, 0) is 18.2 Å². The number of nitrogens with one attached hydrogen (secondary N) is 2.